The van der Waals surface area contributed by atoms with E-state index in [1.807, 2.05) is 48.5 Å². The molecule has 0 unspecified atom stereocenters. The Hall–Kier alpha value is -4.10. The fourth-order valence-corrected chi connectivity index (χ4v) is 2.98. The summed E-state index contributed by atoms with van der Waals surface area (Å²) in [7, 11) is 0. The van der Waals surface area contributed by atoms with Crippen LogP contribution in [0.2, 0.25) is 0 Å². The number of carbonyl (C=O) groups is 2. The van der Waals surface area contributed by atoms with Crippen LogP contribution in [0.25, 0.3) is 22.8 Å². The average molecular weight is 410 g/mol. The van der Waals surface area contributed by atoms with Gasteiger partial charge in [0.15, 0.2) is 12.6 Å². The Bertz CT molecular complexity index is 1130. The number of pyridine rings is 4. The fourth-order valence-electron chi connectivity index (χ4n) is 2.98. The molecule has 0 saturated heterocycles. The summed E-state index contributed by atoms with van der Waals surface area (Å²) in [4.78, 5) is 39.6. The number of aromatic nitrogens is 4. The maximum absolute atomic E-state index is 11.0. The molecule has 7 nitrogen and oxygen atoms in total. The van der Waals surface area contributed by atoms with Crippen molar-refractivity contribution in [3.63, 3.8) is 0 Å². The van der Waals surface area contributed by atoms with E-state index in [2.05, 4.69) is 19.9 Å². The van der Waals surface area contributed by atoms with E-state index in [4.69, 9.17) is 4.74 Å². The van der Waals surface area contributed by atoms with Gasteiger partial charge in [-0.1, -0.05) is 24.3 Å². The van der Waals surface area contributed by atoms with Crippen LogP contribution in [-0.4, -0.2) is 32.5 Å². The van der Waals surface area contributed by atoms with Crippen LogP contribution < -0.4 is 0 Å². The van der Waals surface area contributed by atoms with Gasteiger partial charge >= 0.3 is 0 Å². The summed E-state index contributed by atoms with van der Waals surface area (Å²) < 4.78 is 5.80. The Kier molecular flexibility index (Phi) is 6.25. The summed E-state index contributed by atoms with van der Waals surface area (Å²) in [6, 6.07) is 21.6. The highest BCUT2D eigenvalue weighted by Crippen LogP contribution is 2.17. The highest BCUT2D eigenvalue weighted by Gasteiger charge is 2.06. The number of carbonyl (C=O) groups excluding carboxylic acids is 2. The molecule has 0 aliphatic heterocycles. The van der Waals surface area contributed by atoms with Gasteiger partial charge in [0.1, 0.15) is 11.4 Å². The minimum absolute atomic E-state index is 0.298. The van der Waals surface area contributed by atoms with E-state index in [0.717, 1.165) is 11.4 Å². The first-order valence-corrected chi connectivity index (χ1v) is 9.60. The van der Waals surface area contributed by atoms with Crippen molar-refractivity contribution >= 4 is 12.6 Å². The molecule has 0 saturated carbocycles. The van der Waals surface area contributed by atoms with Gasteiger partial charge in [-0.3, -0.25) is 9.59 Å². The van der Waals surface area contributed by atoms with Gasteiger partial charge in [0.05, 0.1) is 47.4 Å². The molecule has 0 radical (unpaired) electrons. The lowest BCUT2D eigenvalue weighted by atomic mass is 10.2. The van der Waals surface area contributed by atoms with Crippen molar-refractivity contribution in [3.05, 3.63) is 95.6 Å². The lowest BCUT2D eigenvalue weighted by Crippen LogP contribution is -2.01. The van der Waals surface area contributed by atoms with Gasteiger partial charge in [-0.2, -0.15) is 0 Å². The molecular formula is C24H18N4O3. The molecule has 4 rings (SSSR count). The number of nitrogens with zero attached hydrogens (tertiary/aromatic N) is 4. The summed E-state index contributed by atoms with van der Waals surface area (Å²) in [5, 5.41) is 0. The zero-order valence-electron chi connectivity index (χ0n) is 16.5. The van der Waals surface area contributed by atoms with E-state index in [1.54, 1.807) is 24.3 Å². The lowest BCUT2D eigenvalue weighted by Gasteiger charge is -2.07. The second kappa shape index (κ2) is 9.60. The second-order valence-electron chi connectivity index (χ2n) is 6.65. The van der Waals surface area contributed by atoms with Gasteiger partial charge in [-0.15, -0.1) is 0 Å². The van der Waals surface area contributed by atoms with E-state index in [0.29, 0.717) is 59.9 Å². The molecule has 4 aromatic rings. The average Bonchev–Trinajstić information content (AvgIpc) is 2.84. The van der Waals surface area contributed by atoms with Crippen LogP contribution in [0.15, 0.2) is 72.8 Å². The summed E-state index contributed by atoms with van der Waals surface area (Å²) in [5.41, 5.74) is 4.81. The van der Waals surface area contributed by atoms with Crippen LogP contribution in [0, 0.1) is 0 Å². The molecule has 0 amide bonds. The first-order valence-electron chi connectivity index (χ1n) is 9.60. The molecule has 4 heterocycles. The maximum Gasteiger partial charge on any atom is 0.168 e. The predicted molar refractivity (Wildman–Crippen MR) is 114 cm³/mol. The first kappa shape index (κ1) is 20.2. The van der Waals surface area contributed by atoms with Gasteiger partial charge in [-0.05, 0) is 48.5 Å². The van der Waals surface area contributed by atoms with Gasteiger partial charge in [-0.25, -0.2) is 19.9 Å². The van der Waals surface area contributed by atoms with Crippen molar-refractivity contribution in [2.24, 2.45) is 0 Å². The summed E-state index contributed by atoms with van der Waals surface area (Å²) in [6.45, 7) is 0.595. The second-order valence-corrected chi connectivity index (χ2v) is 6.65. The molecule has 0 aliphatic carbocycles. The molecule has 0 bridgehead atoms. The van der Waals surface area contributed by atoms with Crippen LogP contribution >= 0.6 is 0 Å². The molecule has 31 heavy (non-hydrogen) atoms. The van der Waals surface area contributed by atoms with Crippen molar-refractivity contribution < 1.29 is 14.3 Å². The van der Waals surface area contributed by atoms with E-state index in [-0.39, 0.29) is 0 Å². The third-order valence-electron chi connectivity index (χ3n) is 4.42. The molecule has 0 spiro atoms. The number of aldehydes is 2. The SMILES string of the molecule is O=Cc1cccc(-c2cccc(COCc3cccc(-c4cccc(C=O)n4)n3)n2)n1. The number of hydrogen-bond donors (Lipinski definition) is 0. The Morgan fingerprint density at radius 2 is 0.935 bits per heavy atom. The zero-order chi connectivity index (χ0) is 21.5. The topological polar surface area (TPSA) is 94.9 Å². The first-order chi connectivity index (χ1) is 15.2. The summed E-state index contributed by atoms with van der Waals surface area (Å²) in [6.07, 6.45) is 1.42. The number of hydrogen-bond acceptors (Lipinski definition) is 7. The fraction of sp³-hybridized carbons (Fsp3) is 0.0833. The Morgan fingerprint density at radius 3 is 1.35 bits per heavy atom. The highest BCUT2D eigenvalue weighted by molar-refractivity contribution is 5.73. The summed E-state index contributed by atoms with van der Waals surface area (Å²) >= 11 is 0. The Balaban J connectivity index is 1.43. The van der Waals surface area contributed by atoms with Crippen molar-refractivity contribution in [2.45, 2.75) is 13.2 Å². The molecule has 0 atom stereocenters. The quantitative estimate of drug-likeness (QED) is 0.406. The minimum atomic E-state index is 0.298. The monoisotopic (exact) mass is 410 g/mol. The summed E-state index contributed by atoms with van der Waals surface area (Å²) in [5.74, 6) is 0. The third kappa shape index (κ3) is 5.09. The number of rotatable bonds is 8. The molecule has 0 aromatic carbocycles. The van der Waals surface area contributed by atoms with Crippen molar-refractivity contribution in [1.29, 1.82) is 0 Å². The standard InChI is InChI=1S/C24H18N4O3/c29-13-17-5-1-9-21(25-17)23-11-3-7-19(27-23)15-31-16-20-8-4-12-24(28-20)22-10-2-6-18(14-30)26-22/h1-14H,15-16H2. The van der Waals surface area contributed by atoms with Crippen molar-refractivity contribution in [1.82, 2.24) is 19.9 Å². The van der Waals surface area contributed by atoms with Crippen molar-refractivity contribution in [2.75, 3.05) is 0 Å². The van der Waals surface area contributed by atoms with Crippen LogP contribution in [0.3, 0.4) is 0 Å². The highest BCUT2D eigenvalue weighted by atomic mass is 16.5. The van der Waals surface area contributed by atoms with Crippen molar-refractivity contribution in [3.8, 4) is 22.8 Å². The number of ether oxygens (including phenoxy) is 1. The Morgan fingerprint density at radius 1 is 0.548 bits per heavy atom. The van der Waals surface area contributed by atoms with Crippen LogP contribution in [-0.2, 0) is 18.0 Å². The van der Waals surface area contributed by atoms with E-state index >= 15 is 0 Å². The van der Waals surface area contributed by atoms with Gasteiger partial charge in [0, 0.05) is 0 Å². The predicted octanol–water partition coefficient (Wildman–Crippen LogP) is 3.94. The van der Waals surface area contributed by atoms with E-state index < -0.39 is 0 Å². The molecular weight excluding hydrogens is 392 g/mol. The largest absolute Gasteiger partial charge is 0.369 e. The van der Waals surface area contributed by atoms with Gasteiger partial charge in [0.2, 0.25) is 0 Å². The molecule has 0 fully saturated rings. The smallest absolute Gasteiger partial charge is 0.168 e. The normalized spacial score (nSPS) is 10.6. The van der Waals surface area contributed by atoms with Gasteiger partial charge in [0.25, 0.3) is 0 Å². The molecule has 4 aromatic heterocycles. The van der Waals surface area contributed by atoms with Crippen LogP contribution in [0.1, 0.15) is 32.4 Å². The zero-order valence-corrected chi connectivity index (χ0v) is 16.5. The minimum Gasteiger partial charge on any atom is -0.369 e. The van der Waals surface area contributed by atoms with E-state index in [1.165, 1.54) is 0 Å². The lowest BCUT2D eigenvalue weighted by molar-refractivity contribution is 0.102. The third-order valence-corrected chi connectivity index (χ3v) is 4.42. The van der Waals surface area contributed by atoms with Gasteiger partial charge < -0.3 is 4.74 Å². The van der Waals surface area contributed by atoms with Crippen LogP contribution in [0.4, 0.5) is 0 Å². The molecule has 0 N–H and O–H groups in total. The van der Waals surface area contributed by atoms with Crippen LogP contribution in [0.5, 0.6) is 0 Å². The molecule has 0 aliphatic rings. The molecule has 7 heteroatoms. The van der Waals surface area contributed by atoms with E-state index in [9.17, 15) is 9.59 Å². The molecule has 152 valence electrons. The maximum atomic E-state index is 11.0. The Labute approximate surface area is 178 Å².